The first-order valence-electron chi connectivity index (χ1n) is 9.88. The SMILES string of the molecule is CCNC(=NCc1cc(F)ccc1CS(C)(=O)=O)NCC(CCN(C)C)OCC. The molecule has 1 aromatic rings. The van der Waals surface area contributed by atoms with Crippen LogP contribution in [0, 0.1) is 5.82 Å². The summed E-state index contributed by atoms with van der Waals surface area (Å²) in [4.78, 5) is 6.62. The van der Waals surface area contributed by atoms with Crippen molar-refractivity contribution in [3.05, 3.63) is 35.1 Å². The van der Waals surface area contributed by atoms with Gasteiger partial charge in [-0.25, -0.2) is 17.8 Å². The number of sulfone groups is 1. The summed E-state index contributed by atoms with van der Waals surface area (Å²) in [6.07, 6.45) is 2.09. The highest BCUT2D eigenvalue weighted by Gasteiger charge is 2.12. The normalized spacial score (nSPS) is 13.6. The zero-order valence-electron chi connectivity index (χ0n) is 18.2. The minimum Gasteiger partial charge on any atom is -0.377 e. The van der Waals surface area contributed by atoms with E-state index in [4.69, 9.17) is 4.74 Å². The number of guanidine groups is 1. The predicted molar refractivity (Wildman–Crippen MR) is 116 cm³/mol. The monoisotopic (exact) mass is 430 g/mol. The van der Waals surface area contributed by atoms with Crippen molar-refractivity contribution in [3.63, 3.8) is 0 Å². The Balaban J connectivity index is 2.87. The number of hydrogen-bond acceptors (Lipinski definition) is 5. The van der Waals surface area contributed by atoms with Crippen LogP contribution in [-0.4, -0.2) is 72.0 Å². The van der Waals surface area contributed by atoms with Gasteiger partial charge in [-0.3, -0.25) is 0 Å². The molecular weight excluding hydrogens is 395 g/mol. The first-order valence-corrected chi connectivity index (χ1v) is 11.9. The van der Waals surface area contributed by atoms with Crippen LogP contribution in [-0.2, 0) is 26.9 Å². The number of halogens is 1. The Hall–Kier alpha value is -1.71. The number of ether oxygens (including phenoxy) is 1. The highest BCUT2D eigenvalue weighted by Crippen LogP contribution is 2.15. The largest absolute Gasteiger partial charge is 0.377 e. The topological polar surface area (TPSA) is 83.0 Å². The van der Waals surface area contributed by atoms with Crippen molar-refractivity contribution in [2.24, 2.45) is 4.99 Å². The van der Waals surface area contributed by atoms with Crippen molar-refractivity contribution in [2.75, 3.05) is 46.6 Å². The molecule has 29 heavy (non-hydrogen) atoms. The smallest absolute Gasteiger partial charge is 0.191 e. The number of hydrogen-bond donors (Lipinski definition) is 2. The average Bonchev–Trinajstić information content (AvgIpc) is 2.62. The van der Waals surface area contributed by atoms with Crippen molar-refractivity contribution in [1.29, 1.82) is 0 Å². The molecular formula is C20H35FN4O3S. The molecule has 0 saturated carbocycles. The first kappa shape index (κ1) is 25.3. The van der Waals surface area contributed by atoms with Gasteiger partial charge >= 0.3 is 0 Å². The van der Waals surface area contributed by atoms with Crippen LogP contribution in [0.1, 0.15) is 31.4 Å². The standard InChI is InChI=1S/C20H35FN4O3S/c1-6-22-20(24-14-19(28-7-2)10-11-25(3)4)23-13-17-12-18(21)9-8-16(17)15-29(5,26)27/h8-9,12,19H,6-7,10-11,13-15H2,1-5H3,(H2,22,23,24). The summed E-state index contributed by atoms with van der Waals surface area (Å²) >= 11 is 0. The Labute approximate surface area is 174 Å². The van der Waals surface area contributed by atoms with Crippen LogP contribution in [0.4, 0.5) is 4.39 Å². The molecule has 0 heterocycles. The quantitative estimate of drug-likeness (QED) is 0.389. The maximum absolute atomic E-state index is 13.7. The fourth-order valence-corrected chi connectivity index (χ4v) is 3.61. The molecule has 0 fully saturated rings. The molecule has 2 N–H and O–H groups in total. The zero-order chi connectivity index (χ0) is 21.9. The van der Waals surface area contributed by atoms with E-state index in [-0.39, 0.29) is 18.4 Å². The fraction of sp³-hybridized carbons (Fsp3) is 0.650. The lowest BCUT2D eigenvalue weighted by atomic mass is 10.1. The van der Waals surface area contributed by atoms with Gasteiger partial charge in [-0.05, 0) is 57.6 Å². The number of rotatable bonds is 12. The van der Waals surface area contributed by atoms with Gasteiger partial charge in [0.2, 0.25) is 0 Å². The second-order valence-corrected chi connectivity index (χ2v) is 9.37. The Morgan fingerprint density at radius 3 is 2.55 bits per heavy atom. The third-order valence-electron chi connectivity index (χ3n) is 4.14. The molecule has 0 amide bonds. The van der Waals surface area contributed by atoms with Gasteiger partial charge < -0.3 is 20.3 Å². The Bertz CT molecular complexity index is 754. The highest BCUT2D eigenvalue weighted by atomic mass is 32.2. The number of nitrogens with zero attached hydrogens (tertiary/aromatic N) is 2. The van der Waals surface area contributed by atoms with Gasteiger partial charge in [-0.1, -0.05) is 6.07 Å². The van der Waals surface area contributed by atoms with Gasteiger partial charge in [-0.2, -0.15) is 0 Å². The molecule has 1 aromatic carbocycles. The summed E-state index contributed by atoms with van der Waals surface area (Å²) in [5.74, 6) is 0.0288. The van der Waals surface area contributed by atoms with Crippen molar-refractivity contribution in [2.45, 2.75) is 38.7 Å². The van der Waals surface area contributed by atoms with Gasteiger partial charge in [0.15, 0.2) is 15.8 Å². The molecule has 0 radical (unpaired) electrons. The average molecular weight is 431 g/mol. The number of aliphatic imine (C=N–C) groups is 1. The number of nitrogens with one attached hydrogen (secondary N) is 2. The summed E-state index contributed by atoms with van der Waals surface area (Å²) in [7, 11) is 0.821. The lowest BCUT2D eigenvalue weighted by molar-refractivity contribution is 0.0548. The van der Waals surface area contributed by atoms with Crippen LogP contribution in [0.2, 0.25) is 0 Å². The molecule has 1 rings (SSSR count). The van der Waals surface area contributed by atoms with Crippen molar-refractivity contribution in [3.8, 4) is 0 Å². The van der Waals surface area contributed by atoms with Crippen LogP contribution in [0.5, 0.6) is 0 Å². The molecule has 0 saturated heterocycles. The van der Waals surface area contributed by atoms with Gasteiger partial charge in [0.25, 0.3) is 0 Å². The summed E-state index contributed by atoms with van der Waals surface area (Å²) in [6.45, 7) is 6.91. The molecule has 166 valence electrons. The second-order valence-electron chi connectivity index (χ2n) is 7.23. The molecule has 9 heteroatoms. The molecule has 0 spiro atoms. The molecule has 0 bridgehead atoms. The third-order valence-corrected chi connectivity index (χ3v) is 4.97. The van der Waals surface area contributed by atoms with Crippen molar-refractivity contribution in [1.82, 2.24) is 15.5 Å². The highest BCUT2D eigenvalue weighted by molar-refractivity contribution is 7.89. The minimum atomic E-state index is -3.23. The van der Waals surface area contributed by atoms with E-state index in [0.29, 0.717) is 36.8 Å². The molecule has 0 aromatic heterocycles. The lowest BCUT2D eigenvalue weighted by Crippen LogP contribution is -2.42. The lowest BCUT2D eigenvalue weighted by Gasteiger charge is -2.21. The zero-order valence-corrected chi connectivity index (χ0v) is 19.0. The van der Waals surface area contributed by atoms with Crippen molar-refractivity contribution >= 4 is 15.8 Å². The minimum absolute atomic E-state index is 0.0428. The van der Waals surface area contributed by atoms with E-state index in [1.165, 1.54) is 18.2 Å². The maximum Gasteiger partial charge on any atom is 0.191 e. The molecule has 1 unspecified atom stereocenters. The Morgan fingerprint density at radius 2 is 1.97 bits per heavy atom. The van der Waals surface area contributed by atoms with E-state index in [9.17, 15) is 12.8 Å². The molecule has 0 aliphatic rings. The van der Waals surface area contributed by atoms with Crippen molar-refractivity contribution < 1.29 is 17.5 Å². The van der Waals surface area contributed by atoms with Gasteiger partial charge in [0.1, 0.15) is 5.82 Å². The third kappa shape index (κ3) is 11.2. The summed E-state index contributed by atoms with van der Waals surface area (Å²) in [5.41, 5.74) is 1.12. The van der Waals surface area contributed by atoms with Gasteiger partial charge in [-0.15, -0.1) is 0 Å². The van der Waals surface area contributed by atoms with Crippen LogP contribution >= 0.6 is 0 Å². The van der Waals surface area contributed by atoms with E-state index in [1.807, 2.05) is 27.9 Å². The Kier molecular flexibility index (Phi) is 11.2. The van der Waals surface area contributed by atoms with E-state index >= 15 is 0 Å². The van der Waals surface area contributed by atoms with Gasteiger partial charge in [0, 0.05) is 32.5 Å². The van der Waals surface area contributed by atoms with E-state index in [2.05, 4.69) is 20.5 Å². The maximum atomic E-state index is 13.7. The number of benzene rings is 1. The summed E-state index contributed by atoms with van der Waals surface area (Å²) in [6, 6.07) is 4.12. The van der Waals surface area contributed by atoms with E-state index in [0.717, 1.165) is 19.2 Å². The summed E-state index contributed by atoms with van der Waals surface area (Å²) < 4.78 is 42.8. The van der Waals surface area contributed by atoms with Crippen LogP contribution in [0.15, 0.2) is 23.2 Å². The van der Waals surface area contributed by atoms with E-state index < -0.39 is 15.7 Å². The molecule has 1 atom stereocenters. The first-order chi connectivity index (χ1) is 13.6. The van der Waals surface area contributed by atoms with Crippen LogP contribution in [0.25, 0.3) is 0 Å². The predicted octanol–water partition coefficient (Wildman–Crippen LogP) is 1.78. The Morgan fingerprint density at radius 1 is 1.24 bits per heavy atom. The van der Waals surface area contributed by atoms with Crippen LogP contribution < -0.4 is 10.6 Å². The van der Waals surface area contributed by atoms with E-state index in [1.54, 1.807) is 0 Å². The molecule has 7 nitrogen and oxygen atoms in total. The second kappa shape index (κ2) is 12.8. The summed E-state index contributed by atoms with van der Waals surface area (Å²) in [5, 5.41) is 6.42. The van der Waals surface area contributed by atoms with Gasteiger partial charge in [0.05, 0.1) is 18.4 Å². The van der Waals surface area contributed by atoms with Crippen LogP contribution in [0.3, 0.4) is 0 Å². The fourth-order valence-electron chi connectivity index (χ4n) is 2.76. The molecule has 0 aliphatic carbocycles. The molecule has 0 aliphatic heterocycles.